The Balaban J connectivity index is 3.08. The molecule has 1 rings (SSSR count). The van der Waals surface area contributed by atoms with Crippen LogP contribution in [0.4, 0.5) is 8.78 Å². The summed E-state index contributed by atoms with van der Waals surface area (Å²) in [5.41, 5.74) is 0. The van der Waals surface area contributed by atoms with Gasteiger partial charge in [0.1, 0.15) is 5.82 Å². The largest absolute Gasteiger partial charge is 0.293 e. The van der Waals surface area contributed by atoms with Crippen molar-refractivity contribution in [3.05, 3.63) is 11.1 Å². The van der Waals surface area contributed by atoms with Gasteiger partial charge in [0.25, 0.3) is 5.92 Å². The van der Waals surface area contributed by atoms with Gasteiger partial charge in [-0.3, -0.25) is 4.57 Å². The molecule has 0 aromatic carbocycles. The predicted octanol–water partition coefficient (Wildman–Crippen LogP) is 2.46. The molecule has 0 fully saturated rings. The summed E-state index contributed by atoms with van der Waals surface area (Å²) in [6.07, 6.45) is 0. The van der Waals surface area contributed by atoms with E-state index < -0.39 is 12.0 Å². The Morgan fingerprint density at radius 3 is 2.31 bits per heavy atom. The minimum atomic E-state index is -2.84. The molecule has 1 heterocycles. The van der Waals surface area contributed by atoms with Gasteiger partial charge in [-0.2, -0.15) is 0 Å². The average Bonchev–Trinajstić information content (AvgIpc) is 2.28. The summed E-state index contributed by atoms with van der Waals surface area (Å²) in [6.45, 7) is 3.80. The molecule has 0 saturated heterocycles. The van der Waals surface area contributed by atoms with Gasteiger partial charge in [-0.25, -0.2) is 8.78 Å². The lowest BCUT2D eigenvalue weighted by atomic mass is 10.2. The van der Waals surface area contributed by atoms with Crippen molar-refractivity contribution < 1.29 is 8.78 Å². The summed E-state index contributed by atoms with van der Waals surface area (Å²) in [5, 5.41) is 7.09. The second-order valence-electron chi connectivity index (χ2n) is 3.02. The molecule has 0 aliphatic heterocycles. The van der Waals surface area contributed by atoms with Crippen LogP contribution in [0.15, 0.2) is 0 Å². The number of aromatic nitrogens is 3. The van der Waals surface area contributed by atoms with E-state index in [9.17, 15) is 8.78 Å². The van der Waals surface area contributed by atoms with Crippen LogP contribution in [0, 0.1) is 6.92 Å². The minimum absolute atomic E-state index is 0.00785. The Labute approximate surface area is 79.7 Å². The summed E-state index contributed by atoms with van der Waals surface area (Å²) < 4.78 is 27.0. The molecule has 0 N–H and O–H groups in total. The highest BCUT2D eigenvalue weighted by Crippen LogP contribution is 2.30. The Morgan fingerprint density at radius 1 is 1.46 bits per heavy atom. The number of hydrogen-bond acceptors (Lipinski definition) is 2. The van der Waals surface area contributed by atoms with Gasteiger partial charge in [-0.15, -0.1) is 10.2 Å². The summed E-state index contributed by atoms with van der Waals surface area (Å²) in [7, 11) is 0. The first-order valence-corrected chi connectivity index (χ1v) is 4.16. The molecule has 1 atom stereocenters. The molecular weight excluding hydrogens is 200 g/mol. The van der Waals surface area contributed by atoms with Gasteiger partial charge in [-0.05, 0) is 25.4 Å². The Morgan fingerprint density at radius 2 is 2.00 bits per heavy atom. The molecule has 0 aliphatic carbocycles. The quantitative estimate of drug-likeness (QED) is 0.749. The molecule has 0 amide bonds. The molecule has 0 spiro atoms. The van der Waals surface area contributed by atoms with Crippen LogP contribution in [0.5, 0.6) is 0 Å². The maximum atomic E-state index is 12.9. The zero-order valence-corrected chi connectivity index (χ0v) is 8.31. The molecular formula is C7H10ClF2N3. The molecule has 1 unspecified atom stereocenters. The van der Waals surface area contributed by atoms with Gasteiger partial charge in [0.2, 0.25) is 5.28 Å². The van der Waals surface area contributed by atoms with Crippen LogP contribution >= 0.6 is 11.6 Å². The highest BCUT2D eigenvalue weighted by Gasteiger charge is 2.33. The summed E-state index contributed by atoms with van der Waals surface area (Å²) >= 11 is 5.60. The fourth-order valence-corrected chi connectivity index (χ4v) is 1.32. The van der Waals surface area contributed by atoms with Crippen molar-refractivity contribution in [3.63, 3.8) is 0 Å². The second-order valence-corrected chi connectivity index (χ2v) is 3.36. The topological polar surface area (TPSA) is 30.7 Å². The highest BCUT2D eigenvalue weighted by molar-refractivity contribution is 6.28. The van der Waals surface area contributed by atoms with E-state index in [1.807, 2.05) is 0 Å². The van der Waals surface area contributed by atoms with E-state index in [1.54, 1.807) is 6.92 Å². The van der Waals surface area contributed by atoms with E-state index >= 15 is 0 Å². The van der Waals surface area contributed by atoms with Gasteiger partial charge in [0, 0.05) is 6.92 Å². The van der Waals surface area contributed by atoms with E-state index in [2.05, 4.69) is 10.2 Å². The van der Waals surface area contributed by atoms with Gasteiger partial charge < -0.3 is 0 Å². The van der Waals surface area contributed by atoms with Crippen LogP contribution < -0.4 is 0 Å². The van der Waals surface area contributed by atoms with Crippen molar-refractivity contribution in [2.45, 2.75) is 32.7 Å². The van der Waals surface area contributed by atoms with Gasteiger partial charge >= 0.3 is 0 Å². The Bertz CT molecular complexity index is 286. The first-order valence-electron chi connectivity index (χ1n) is 3.79. The van der Waals surface area contributed by atoms with Crippen molar-refractivity contribution in [3.8, 4) is 0 Å². The number of alkyl halides is 2. The maximum absolute atomic E-state index is 12.9. The maximum Gasteiger partial charge on any atom is 0.265 e. The van der Waals surface area contributed by atoms with E-state index in [0.717, 1.165) is 6.92 Å². The number of aryl methyl sites for hydroxylation is 1. The molecule has 3 nitrogen and oxygen atoms in total. The fraction of sp³-hybridized carbons (Fsp3) is 0.714. The van der Waals surface area contributed by atoms with Gasteiger partial charge in [0.05, 0.1) is 6.04 Å². The van der Waals surface area contributed by atoms with Crippen molar-refractivity contribution in [2.75, 3.05) is 0 Å². The first-order chi connectivity index (χ1) is 5.84. The number of hydrogen-bond donors (Lipinski definition) is 0. The zero-order valence-electron chi connectivity index (χ0n) is 7.55. The lowest BCUT2D eigenvalue weighted by molar-refractivity contribution is -0.0266. The summed E-state index contributed by atoms with van der Waals surface area (Å²) in [4.78, 5) is 0. The molecule has 0 radical (unpaired) electrons. The second kappa shape index (κ2) is 3.21. The molecule has 1 aromatic rings. The number of halogens is 3. The van der Waals surface area contributed by atoms with Crippen LogP contribution in [0.25, 0.3) is 0 Å². The minimum Gasteiger partial charge on any atom is -0.293 e. The Hall–Kier alpha value is -0.710. The molecule has 0 bridgehead atoms. The Kier molecular flexibility index (Phi) is 2.56. The normalized spacial score (nSPS) is 14.6. The van der Waals surface area contributed by atoms with Gasteiger partial charge in [-0.1, -0.05) is 0 Å². The van der Waals surface area contributed by atoms with Crippen LogP contribution in [-0.4, -0.2) is 20.7 Å². The standard InChI is InChI=1S/C7H10ClF2N3/c1-4(7(3,9)10)13-5(2)11-12-6(13)8/h4H,1-3H3. The summed E-state index contributed by atoms with van der Waals surface area (Å²) in [5.74, 6) is -2.45. The molecule has 6 heteroatoms. The van der Waals surface area contributed by atoms with Gasteiger partial charge in [0.15, 0.2) is 0 Å². The average molecular weight is 210 g/mol. The predicted molar refractivity (Wildman–Crippen MR) is 45.1 cm³/mol. The number of rotatable bonds is 2. The van der Waals surface area contributed by atoms with Crippen LogP contribution in [0.3, 0.4) is 0 Å². The first kappa shape index (κ1) is 10.4. The monoisotopic (exact) mass is 209 g/mol. The lowest BCUT2D eigenvalue weighted by Gasteiger charge is -2.21. The van der Waals surface area contributed by atoms with Crippen LogP contribution in [-0.2, 0) is 0 Å². The fourth-order valence-electron chi connectivity index (χ4n) is 1.01. The molecule has 13 heavy (non-hydrogen) atoms. The molecule has 74 valence electrons. The van der Waals surface area contributed by atoms with E-state index in [4.69, 9.17) is 11.6 Å². The molecule has 1 aromatic heterocycles. The summed E-state index contributed by atoms with van der Waals surface area (Å²) in [6, 6.07) is -1.03. The van der Waals surface area contributed by atoms with Crippen molar-refractivity contribution in [2.24, 2.45) is 0 Å². The van der Waals surface area contributed by atoms with Crippen LogP contribution in [0.2, 0.25) is 5.28 Å². The van der Waals surface area contributed by atoms with Crippen molar-refractivity contribution in [1.82, 2.24) is 14.8 Å². The van der Waals surface area contributed by atoms with E-state index in [-0.39, 0.29) is 5.28 Å². The lowest BCUT2D eigenvalue weighted by Crippen LogP contribution is -2.26. The third-order valence-electron chi connectivity index (χ3n) is 1.95. The van der Waals surface area contributed by atoms with Crippen molar-refractivity contribution in [1.29, 1.82) is 0 Å². The third-order valence-corrected chi connectivity index (χ3v) is 2.20. The molecule has 0 aliphatic rings. The van der Waals surface area contributed by atoms with Crippen LogP contribution in [0.1, 0.15) is 25.7 Å². The molecule has 0 saturated carbocycles. The smallest absolute Gasteiger partial charge is 0.265 e. The van der Waals surface area contributed by atoms with Crippen molar-refractivity contribution >= 4 is 11.6 Å². The van der Waals surface area contributed by atoms with E-state index in [1.165, 1.54) is 11.5 Å². The highest BCUT2D eigenvalue weighted by atomic mass is 35.5. The SMILES string of the molecule is Cc1nnc(Cl)n1C(C)C(C)(F)F. The van der Waals surface area contributed by atoms with E-state index in [0.29, 0.717) is 5.82 Å². The number of nitrogens with zero attached hydrogens (tertiary/aromatic N) is 3. The third kappa shape index (κ3) is 1.96. The zero-order chi connectivity index (χ0) is 10.2.